The van der Waals surface area contributed by atoms with Crippen LogP contribution in [0.1, 0.15) is 40.0 Å². The molecule has 0 spiro atoms. The Hall–Kier alpha value is -1.10. The third-order valence-electron chi connectivity index (χ3n) is 3.17. The van der Waals surface area contributed by atoms with Crippen molar-refractivity contribution < 1.29 is 14.3 Å². The Bertz CT molecular complexity index is 294. The molecular weight excluding hydrogens is 232 g/mol. The van der Waals surface area contributed by atoms with E-state index in [9.17, 15) is 9.59 Å². The normalized spacial score (nSPS) is 22.6. The SMILES string of the molecule is CCCC1NC(=O)CCN(C(C)COCC)C1=O. The molecule has 1 fully saturated rings. The van der Waals surface area contributed by atoms with Crippen molar-refractivity contribution in [3.63, 3.8) is 0 Å². The van der Waals surface area contributed by atoms with Crippen LogP contribution in [0.5, 0.6) is 0 Å². The summed E-state index contributed by atoms with van der Waals surface area (Å²) in [6.07, 6.45) is 1.95. The first-order valence-electron chi connectivity index (χ1n) is 6.77. The number of hydrogen-bond acceptors (Lipinski definition) is 3. The minimum absolute atomic E-state index is 0.0181. The van der Waals surface area contributed by atoms with Gasteiger partial charge in [-0.3, -0.25) is 9.59 Å². The first kappa shape index (κ1) is 15.0. The largest absolute Gasteiger partial charge is 0.380 e. The average Bonchev–Trinajstić information content (AvgIpc) is 2.48. The molecule has 104 valence electrons. The quantitative estimate of drug-likeness (QED) is 0.769. The summed E-state index contributed by atoms with van der Waals surface area (Å²) in [6, 6.07) is -0.349. The van der Waals surface area contributed by atoms with Crippen LogP contribution in [0.2, 0.25) is 0 Å². The first-order valence-corrected chi connectivity index (χ1v) is 6.77. The van der Waals surface area contributed by atoms with Crippen LogP contribution in [0.15, 0.2) is 0 Å². The maximum atomic E-state index is 12.3. The van der Waals surface area contributed by atoms with E-state index in [1.165, 1.54) is 0 Å². The molecule has 2 atom stereocenters. The fourth-order valence-electron chi connectivity index (χ4n) is 2.16. The van der Waals surface area contributed by atoms with Gasteiger partial charge >= 0.3 is 0 Å². The summed E-state index contributed by atoms with van der Waals surface area (Å²) in [6.45, 7) is 7.56. The standard InChI is InChI=1S/C13H24N2O3/c1-4-6-11-13(17)15(8-7-12(16)14-11)10(3)9-18-5-2/h10-11H,4-9H2,1-3H3,(H,14,16). The van der Waals surface area contributed by atoms with Gasteiger partial charge in [0.15, 0.2) is 0 Å². The second-order valence-corrected chi connectivity index (χ2v) is 4.70. The van der Waals surface area contributed by atoms with Crippen molar-refractivity contribution in [1.29, 1.82) is 0 Å². The Morgan fingerprint density at radius 3 is 2.78 bits per heavy atom. The molecule has 5 heteroatoms. The summed E-state index contributed by atoms with van der Waals surface area (Å²) >= 11 is 0. The van der Waals surface area contributed by atoms with Crippen LogP contribution >= 0.6 is 0 Å². The van der Waals surface area contributed by atoms with E-state index in [4.69, 9.17) is 4.74 Å². The molecule has 0 radical (unpaired) electrons. The van der Waals surface area contributed by atoms with Crippen LogP contribution in [-0.2, 0) is 14.3 Å². The summed E-state index contributed by atoms with van der Waals surface area (Å²) in [7, 11) is 0. The molecule has 0 aromatic rings. The van der Waals surface area contributed by atoms with Gasteiger partial charge in [0.1, 0.15) is 6.04 Å². The van der Waals surface area contributed by atoms with Crippen molar-refractivity contribution >= 4 is 11.8 Å². The smallest absolute Gasteiger partial charge is 0.245 e. The maximum Gasteiger partial charge on any atom is 0.245 e. The van der Waals surface area contributed by atoms with Gasteiger partial charge < -0.3 is 15.0 Å². The Balaban J connectivity index is 2.70. The molecule has 1 rings (SSSR count). The van der Waals surface area contributed by atoms with Gasteiger partial charge in [0.05, 0.1) is 12.6 Å². The number of ether oxygens (including phenoxy) is 1. The van der Waals surface area contributed by atoms with Crippen molar-refractivity contribution in [2.24, 2.45) is 0 Å². The predicted molar refractivity (Wildman–Crippen MR) is 69.1 cm³/mol. The highest BCUT2D eigenvalue weighted by Gasteiger charge is 2.31. The number of carbonyl (C=O) groups excluding carboxylic acids is 2. The fourth-order valence-corrected chi connectivity index (χ4v) is 2.16. The number of rotatable bonds is 6. The lowest BCUT2D eigenvalue weighted by Crippen LogP contribution is -2.48. The number of nitrogens with zero attached hydrogens (tertiary/aromatic N) is 1. The van der Waals surface area contributed by atoms with E-state index in [0.29, 0.717) is 32.6 Å². The fraction of sp³-hybridized carbons (Fsp3) is 0.846. The maximum absolute atomic E-state index is 12.3. The van der Waals surface area contributed by atoms with E-state index in [-0.39, 0.29) is 23.9 Å². The number of carbonyl (C=O) groups is 2. The molecule has 1 saturated heterocycles. The van der Waals surface area contributed by atoms with E-state index in [1.54, 1.807) is 4.90 Å². The van der Waals surface area contributed by atoms with Gasteiger partial charge in [-0.1, -0.05) is 13.3 Å². The van der Waals surface area contributed by atoms with E-state index in [2.05, 4.69) is 5.32 Å². The van der Waals surface area contributed by atoms with E-state index in [0.717, 1.165) is 6.42 Å². The van der Waals surface area contributed by atoms with Crippen molar-refractivity contribution in [3.8, 4) is 0 Å². The van der Waals surface area contributed by atoms with Crippen LogP contribution < -0.4 is 5.32 Å². The average molecular weight is 256 g/mol. The third-order valence-corrected chi connectivity index (χ3v) is 3.17. The topological polar surface area (TPSA) is 58.6 Å². The van der Waals surface area contributed by atoms with Gasteiger partial charge in [-0.2, -0.15) is 0 Å². The second-order valence-electron chi connectivity index (χ2n) is 4.70. The van der Waals surface area contributed by atoms with Gasteiger partial charge in [0, 0.05) is 19.6 Å². The first-order chi connectivity index (χ1) is 8.60. The molecule has 5 nitrogen and oxygen atoms in total. The minimum Gasteiger partial charge on any atom is -0.380 e. The highest BCUT2D eigenvalue weighted by atomic mass is 16.5. The molecule has 0 aromatic carbocycles. The van der Waals surface area contributed by atoms with Gasteiger partial charge in [-0.25, -0.2) is 0 Å². The minimum atomic E-state index is -0.367. The third kappa shape index (κ3) is 3.98. The summed E-state index contributed by atoms with van der Waals surface area (Å²) in [5.74, 6) is -0.0113. The summed E-state index contributed by atoms with van der Waals surface area (Å²) in [5, 5.41) is 2.80. The Morgan fingerprint density at radius 1 is 1.44 bits per heavy atom. The van der Waals surface area contributed by atoms with Crippen LogP contribution in [0.25, 0.3) is 0 Å². The molecule has 1 N–H and O–H groups in total. The van der Waals surface area contributed by atoms with Gasteiger partial charge in [0.25, 0.3) is 0 Å². The van der Waals surface area contributed by atoms with Crippen LogP contribution in [-0.4, -0.2) is 48.6 Å². The van der Waals surface area contributed by atoms with Crippen LogP contribution in [0.3, 0.4) is 0 Å². The van der Waals surface area contributed by atoms with Crippen LogP contribution in [0.4, 0.5) is 0 Å². The van der Waals surface area contributed by atoms with E-state index in [1.807, 2.05) is 20.8 Å². The Morgan fingerprint density at radius 2 is 2.17 bits per heavy atom. The highest BCUT2D eigenvalue weighted by molar-refractivity contribution is 5.90. The van der Waals surface area contributed by atoms with E-state index < -0.39 is 0 Å². The lowest BCUT2D eigenvalue weighted by molar-refractivity contribution is -0.136. The van der Waals surface area contributed by atoms with Crippen LogP contribution in [0, 0.1) is 0 Å². The zero-order valence-electron chi connectivity index (χ0n) is 11.6. The lowest BCUT2D eigenvalue weighted by Gasteiger charge is -2.29. The number of nitrogens with one attached hydrogen (secondary N) is 1. The molecule has 1 aliphatic heterocycles. The molecule has 2 amide bonds. The molecule has 18 heavy (non-hydrogen) atoms. The molecular formula is C13H24N2O3. The zero-order chi connectivity index (χ0) is 13.5. The van der Waals surface area contributed by atoms with E-state index >= 15 is 0 Å². The van der Waals surface area contributed by atoms with Gasteiger partial charge in [0.2, 0.25) is 11.8 Å². The Labute approximate surface area is 109 Å². The Kier molecular flexibility index (Phi) is 6.12. The zero-order valence-corrected chi connectivity index (χ0v) is 11.6. The molecule has 0 saturated carbocycles. The highest BCUT2D eigenvalue weighted by Crippen LogP contribution is 2.12. The molecule has 0 aromatic heterocycles. The monoisotopic (exact) mass is 256 g/mol. The van der Waals surface area contributed by atoms with Crippen molar-refractivity contribution in [3.05, 3.63) is 0 Å². The number of hydrogen-bond donors (Lipinski definition) is 1. The summed E-state index contributed by atoms with van der Waals surface area (Å²) < 4.78 is 5.36. The molecule has 0 aliphatic carbocycles. The summed E-state index contributed by atoms with van der Waals surface area (Å²) in [5.41, 5.74) is 0. The van der Waals surface area contributed by atoms with Crippen molar-refractivity contribution in [2.75, 3.05) is 19.8 Å². The second kappa shape index (κ2) is 7.36. The van der Waals surface area contributed by atoms with Gasteiger partial charge in [-0.15, -0.1) is 0 Å². The lowest BCUT2D eigenvalue weighted by atomic mass is 10.1. The summed E-state index contributed by atoms with van der Waals surface area (Å²) in [4.78, 5) is 25.7. The van der Waals surface area contributed by atoms with Crippen molar-refractivity contribution in [1.82, 2.24) is 10.2 Å². The molecule has 0 bridgehead atoms. The predicted octanol–water partition coefficient (Wildman–Crippen LogP) is 0.929. The molecule has 2 unspecified atom stereocenters. The molecule has 1 aliphatic rings. The van der Waals surface area contributed by atoms with Crippen molar-refractivity contribution in [2.45, 2.75) is 52.1 Å². The number of amides is 2. The van der Waals surface area contributed by atoms with Gasteiger partial charge in [-0.05, 0) is 20.3 Å². The molecule has 1 heterocycles.